The summed E-state index contributed by atoms with van der Waals surface area (Å²) in [5.74, 6) is 0.0112. The Kier molecular flexibility index (Phi) is 4.27. The molecule has 2 saturated heterocycles. The molecule has 2 fully saturated rings. The Bertz CT molecular complexity index is 625. The Labute approximate surface area is 129 Å². The smallest absolute Gasteiger partial charge is 0.250 e. The second kappa shape index (κ2) is 6.34. The van der Waals surface area contributed by atoms with Gasteiger partial charge in [0.15, 0.2) is 0 Å². The highest BCUT2D eigenvalue weighted by Crippen LogP contribution is 2.22. The number of likely N-dealkylation sites (tertiary alicyclic amines) is 1. The third-order valence-electron chi connectivity index (χ3n) is 4.52. The fourth-order valence-corrected chi connectivity index (χ4v) is 3.27. The van der Waals surface area contributed by atoms with Crippen molar-refractivity contribution in [2.45, 2.75) is 38.3 Å². The molecule has 0 spiro atoms. The predicted octanol–water partition coefficient (Wildman–Crippen LogP) is 0.365. The maximum absolute atomic E-state index is 12.4. The lowest BCUT2D eigenvalue weighted by molar-refractivity contribution is -0.132. The number of pyridine rings is 1. The van der Waals surface area contributed by atoms with E-state index in [9.17, 15) is 14.4 Å². The van der Waals surface area contributed by atoms with Crippen molar-refractivity contribution in [1.29, 1.82) is 0 Å². The normalized spacial score (nSPS) is 24.5. The summed E-state index contributed by atoms with van der Waals surface area (Å²) in [6, 6.07) is 5.03. The van der Waals surface area contributed by atoms with Gasteiger partial charge in [-0.25, -0.2) is 0 Å². The van der Waals surface area contributed by atoms with E-state index in [0.29, 0.717) is 19.6 Å². The van der Waals surface area contributed by atoms with Gasteiger partial charge in [-0.2, -0.15) is 0 Å². The highest BCUT2D eigenvalue weighted by molar-refractivity contribution is 5.82. The molecule has 6 nitrogen and oxygen atoms in total. The fraction of sp³-hybridized carbons (Fsp3) is 0.562. The highest BCUT2D eigenvalue weighted by atomic mass is 16.2. The molecule has 6 heteroatoms. The first kappa shape index (κ1) is 14.8. The van der Waals surface area contributed by atoms with Crippen LogP contribution < -0.4 is 10.9 Å². The van der Waals surface area contributed by atoms with Gasteiger partial charge in [0.25, 0.3) is 5.56 Å². The van der Waals surface area contributed by atoms with Crippen molar-refractivity contribution < 1.29 is 9.59 Å². The molecule has 2 aliphatic rings. The molecule has 1 N–H and O–H groups in total. The minimum atomic E-state index is -0.0973. The van der Waals surface area contributed by atoms with Crippen molar-refractivity contribution in [3.05, 3.63) is 34.7 Å². The number of fused-ring (bicyclic) bond motifs is 3. The van der Waals surface area contributed by atoms with Gasteiger partial charge in [-0.1, -0.05) is 12.5 Å². The topological polar surface area (TPSA) is 71.4 Å². The van der Waals surface area contributed by atoms with Gasteiger partial charge < -0.3 is 14.8 Å². The quantitative estimate of drug-likeness (QED) is 0.877. The summed E-state index contributed by atoms with van der Waals surface area (Å²) < 4.78 is 1.54. The lowest BCUT2D eigenvalue weighted by Crippen LogP contribution is -2.42. The molecule has 3 heterocycles. The number of aryl methyl sites for hydroxylation is 1. The third-order valence-corrected chi connectivity index (χ3v) is 4.52. The Morgan fingerprint density at radius 1 is 1.23 bits per heavy atom. The molecule has 0 saturated carbocycles. The summed E-state index contributed by atoms with van der Waals surface area (Å²) >= 11 is 0. The number of carbonyl (C=O) groups is 2. The number of aromatic nitrogens is 1. The van der Waals surface area contributed by atoms with E-state index in [2.05, 4.69) is 5.32 Å². The third kappa shape index (κ3) is 3.21. The summed E-state index contributed by atoms with van der Waals surface area (Å²) in [4.78, 5) is 37.9. The zero-order valence-electron chi connectivity index (χ0n) is 12.5. The van der Waals surface area contributed by atoms with Crippen LogP contribution in [0.2, 0.25) is 0 Å². The van der Waals surface area contributed by atoms with Gasteiger partial charge in [0, 0.05) is 44.4 Å². The van der Waals surface area contributed by atoms with Crippen LogP contribution in [0.25, 0.3) is 0 Å². The fourth-order valence-electron chi connectivity index (χ4n) is 3.27. The molecule has 2 unspecified atom stereocenters. The number of hydrogen-bond acceptors (Lipinski definition) is 3. The van der Waals surface area contributed by atoms with Crippen LogP contribution in [0.1, 0.15) is 25.7 Å². The van der Waals surface area contributed by atoms with E-state index in [1.807, 2.05) is 0 Å². The van der Waals surface area contributed by atoms with E-state index in [1.165, 1.54) is 6.07 Å². The van der Waals surface area contributed by atoms with Crippen molar-refractivity contribution in [3.8, 4) is 0 Å². The summed E-state index contributed by atoms with van der Waals surface area (Å²) in [6.07, 6.45) is 4.80. The predicted molar refractivity (Wildman–Crippen MR) is 81.2 cm³/mol. The van der Waals surface area contributed by atoms with Crippen LogP contribution in [0.3, 0.4) is 0 Å². The average molecular weight is 303 g/mol. The average Bonchev–Trinajstić information content (AvgIpc) is 2.74. The summed E-state index contributed by atoms with van der Waals surface area (Å²) in [6.45, 7) is 1.47. The highest BCUT2D eigenvalue weighted by Gasteiger charge is 2.34. The largest absolute Gasteiger partial charge is 0.351 e. The number of nitrogens with zero attached hydrogens (tertiary/aromatic N) is 2. The first-order valence-corrected chi connectivity index (χ1v) is 7.87. The maximum atomic E-state index is 12.4. The molecule has 3 rings (SSSR count). The standard InChI is InChI=1S/C16H21N3O3/c20-14-6-1-2-8-18(14)9-7-15(21)19-10-12-4-3-5-13(11-19)17-16(12)22/h1-2,6,8,12-13H,3-5,7,9-11H2,(H,17,22). The molecule has 0 aromatic carbocycles. The number of hydrogen-bond donors (Lipinski definition) is 1. The molecule has 2 bridgehead atoms. The molecule has 0 radical (unpaired) electrons. The molecular weight excluding hydrogens is 282 g/mol. The lowest BCUT2D eigenvalue weighted by Gasteiger charge is -2.27. The van der Waals surface area contributed by atoms with Gasteiger partial charge in [-0.15, -0.1) is 0 Å². The van der Waals surface area contributed by atoms with Gasteiger partial charge >= 0.3 is 0 Å². The van der Waals surface area contributed by atoms with E-state index < -0.39 is 0 Å². The van der Waals surface area contributed by atoms with Gasteiger partial charge in [-0.3, -0.25) is 14.4 Å². The number of rotatable bonds is 3. The number of nitrogens with one attached hydrogen (secondary N) is 1. The maximum Gasteiger partial charge on any atom is 0.250 e. The van der Waals surface area contributed by atoms with Crippen molar-refractivity contribution in [3.63, 3.8) is 0 Å². The summed E-state index contributed by atoms with van der Waals surface area (Å²) in [5.41, 5.74) is -0.0973. The molecule has 1 aromatic rings. The Morgan fingerprint density at radius 2 is 2.09 bits per heavy atom. The molecule has 2 aliphatic heterocycles. The molecule has 0 aliphatic carbocycles. The molecule has 22 heavy (non-hydrogen) atoms. The first-order valence-electron chi connectivity index (χ1n) is 7.87. The van der Waals surface area contributed by atoms with Gasteiger partial charge in [0.05, 0.1) is 5.92 Å². The zero-order valence-corrected chi connectivity index (χ0v) is 12.5. The molecule has 1 aromatic heterocycles. The molecule has 2 atom stereocenters. The van der Waals surface area contributed by atoms with Crippen LogP contribution in [-0.2, 0) is 16.1 Å². The van der Waals surface area contributed by atoms with Crippen molar-refractivity contribution in [2.75, 3.05) is 13.1 Å². The SMILES string of the molecule is O=C1NC2CCCC1CN(C(=O)CCn1ccccc1=O)C2. The van der Waals surface area contributed by atoms with Crippen LogP contribution in [0.5, 0.6) is 0 Å². The minimum Gasteiger partial charge on any atom is -0.351 e. The van der Waals surface area contributed by atoms with Crippen molar-refractivity contribution in [2.24, 2.45) is 5.92 Å². The molecule has 118 valence electrons. The van der Waals surface area contributed by atoms with Crippen LogP contribution in [0.4, 0.5) is 0 Å². The van der Waals surface area contributed by atoms with E-state index >= 15 is 0 Å². The number of amides is 2. The van der Waals surface area contributed by atoms with E-state index in [-0.39, 0.29) is 35.8 Å². The van der Waals surface area contributed by atoms with Crippen LogP contribution in [0, 0.1) is 5.92 Å². The van der Waals surface area contributed by atoms with Gasteiger partial charge in [-0.05, 0) is 18.9 Å². The van der Waals surface area contributed by atoms with Crippen LogP contribution in [-0.4, -0.2) is 40.4 Å². The zero-order chi connectivity index (χ0) is 15.5. The Hall–Kier alpha value is -2.11. The molecular formula is C16H21N3O3. The van der Waals surface area contributed by atoms with Crippen molar-refractivity contribution >= 4 is 11.8 Å². The minimum absolute atomic E-state index is 0.0177. The first-order chi connectivity index (χ1) is 10.6. The Morgan fingerprint density at radius 3 is 2.91 bits per heavy atom. The van der Waals surface area contributed by atoms with Crippen LogP contribution in [0.15, 0.2) is 29.2 Å². The summed E-state index contributed by atoms with van der Waals surface area (Å²) in [7, 11) is 0. The van der Waals surface area contributed by atoms with E-state index in [4.69, 9.17) is 0 Å². The van der Waals surface area contributed by atoms with E-state index in [1.54, 1.807) is 27.8 Å². The molecule has 2 amide bonds. The number of carbonyl (C=O) groups excluding carboxylic acids is 2. The van der Waals surface area contributed by atoms with Gasteiger partial charge in [0.1, 0.15) is 0 Å². The van der Waals surface area contributed by atoms with Crippen molar-refractivity contribution in [1.82, 2.24) is 14.8 Å². The second-order valence-corrected chi connectivity index (χ2v) is 6.11. The van der Waals surface area contributed by atoms with Gasteiger partial charge in [0.2, 0.25) is 11.8 Å². The summed E-state index contributed by atoms with van der Waals surface area (Å²) in [5, 5.41) is 3.02. The van der Waals surface area contributed by atoms with Crippen LogP contribution >= 0.6 is 0 Å². The monoisotopic (exact) mass is 303 g/mol. The van der Waals surface area contributed by atoms with E-state index in [0.717, 1.165) is 19.3 Å². The lowest BCUT2D eigenvalue weighted by atomic mass is 9.99. The Balaban J connectivity index is 1.64. The second-order valence-electron chi connectivity index (χ2n) is 6.11.